The topological polar surface area (TPSA) is 9.23 Å². The molecule has 0 saturated heterocycles. The van der Waals surface area contributed by atoms with Crippen molar-refractivity contribution in [3.05, 3.63) is 34.3 Å². The zero-order chi connectivity index (χ0) is 13.0. The molecule has 3 heteroatoms. The summed E-state index contributed by atoms with van der Waals surface area (Å²) in [5, 5.41) is 0. The Kier molecular flexibility index (Phi) is 5.51. The molecule has 0 heterocycles. The summed E-state index contributed by atoms with van der Waals surface area (Å²) in [6, 6.07) is 8.44. The van der Waals surface area contributed by atoms with Gasteiger partial charge in [0, 0.05) is 8.90 Å². The van der Waals surface area contributed by atoms with E-state index in [2.05, 4.69) is 69.7 Å². The van der Waals surface area contributed by atoms with Crippen molar-refractivity contribution in [1.29, 1.82) is 0 Å². The van der Waals surface area contributed by atoms with Gasteiger partial charge in [-0.15, -0.1) is 0 Å². The Balaban J connectivity index is 1.96. The molecule has 0 N–H and O–H groups in total. The van der Waals surface area contributed by atoms with Crippen LogP contribution in [0.3, 0.4) is 0 Å². The van der Waals surface area contributed by atoms with Gasteiger partial charge in [0.25, 0.3) is 0 Å². The molecule has 2 rings (SSSR count). The zero-order valence-corrected chi connectivity index (χ0v) is 14.5. The Labute approximate surface area is 132 Å². The van der Waals surface area contributed by atoms with E-state index in [-0.39, 0.29) is 5.60 Å². The second-order valence-electron chi connectivity index (χ2n) is 5.43. The predicted octanol–water partition coefficient (Wildman–Crippen LogP) is 5.35. The third kappa shape index (κ3) is 3.94. The van der Waals surface area contributed by atoms with Gasteiger partial charge in [-0.05, 0) is 36.5 Å². The van der Waals surface area contributed by atoms with Gasteiger partial charge in [-0.2, -0.15) is 0 Å². The highest BCUT2D eigenvalue weighted by Gasteiger charge is 2.34. The van der Waals surface area contributed by atoms with Crippen LogP contribution in [-0.4, -0.2) is 10.0 Å². The Morgan fingerprint density at radius 3 is 2.72 bits per heavy atom. The summed E-state index contributed by atoms with van der Waals surface area (Å²) in [5.41, 5.74) is 1.38. The zero-order valence-electron chi connectivity index (χ0n) is 10.8. The number of hydrogen-bond acceptors (Lipinski definition) is 1. The van der Waals surface area contributed by atoms with Crippen LogP contribution in [0.2, 0.25) is 0 Å². The summed E-state index contributed by atoms with van der Waals surface area (Å²) in [6.45, 7) is 3.09. The number of halogens is 2. The average Bonchev–Trinajstić information content (AvgIpc) is 2.38. The molecule has 0 amide bonds. The fraction of sp³-hybridized carbons (Fsp3) is 0.600. The van der Waals surface area contributed by atoms with Gasteiger partial charge in [-0.25, -0.2) is 0 Å². The third-order valence-corrected chi connectivity index (χ3v) is 5.67. The van der Waals surface area contributed by atoms with Crippen molar-refractivity contribution in [3.8, 4) is 0 Å². The summed E-state index contributed by atoms with van der Waals surface area (Å²) in [6.07, 6.45) is 5.10. The summed E-state index contributed by atoms with van der Waals surface area (Å²) >= 11 is 5.95. The fourth-order valence-corrected chi connectivity index (χ4v) is 3.90. The van der Waals surface area contributed by atoms with Crippen LogP contribution in [0.5, 0.6) is 0 Å². The van der Waals surface area contributed by atoms with Crippen LogP contribution in [0.4, 0.5) is 0 Å². The first-order valence-electron chi connectivity index (χ1n) is 6.58. The summed E-state index contributed by atoms with van der Waals surface area (Å²) < 4.78 is 8.52. The van der Waals surface area contributed by atoms with E-state index in [1.165, 1.54) is 31.2 Å². The molecule has 100 valence electrons. The molecule has 0 radical (unpaired) electrons. The molecule has 1 nitrogen and oxygen atoms in total. The molecular weight excluding hydrogens is 403 g/mol. The molecule has 0 aromatic heterocycles. The van der Waals surface area contributed by atoms with Crippen molar-refractivity contribution >= 4 is 38.5 Å². The molecule has 1 saturated carbocycles. The Hall–Kier alpha value is 0.390. The number of benzene rings is 1. The van der Waals surface area contributed by atoms with Crippen molar-refractivity contribution in [2.45, 2.75) is 44.8 Å². The van der Waals surface area contributed by atoms with E-state index in [9.17, 15) is 0 Å². The lowest BCUT2D eigenvalue weighted by Gasteiger charge is -2.38. The molecular formula is C15H20BrIO. The molecule has 1 aromatic rings. The lowest BCUT2D eigenvalue weighted by molar-refractivity contribution is -0.0717. The normalized spacial score (nSPS) is 28.3. The van der Waals surface area contributed by atoms with E-state index >= 15 is 0 Å². The molecule has 0 spiro atoms. The third-order valence-electron chi connectivity index (χ3n) is 3.75. The maximum Gasteiger partial charge on any atom is 0.0778 e. The minimum absolute atomic E-state index is 0.116. The molecule has 1 aromatic carbocycles. The van der Waals surface area contributed by atoms with Gasteiger partial charge in [0.2, 0.25) is 0 Å². The van der Waals surface area contributed by atoms with Crippen molar-refractivity contribution in [3.63, 3.8) is 0 Å². The lowest BCUT2D eigenvalue weighted by Crippen LogP contribution is -2.39. The molecule has 1 aliphatic rings. The van der Waals surface area contributed by atoms with E-state index < -0.39 is 0 Å². The van der Waals surface area contributed by atoms with Crippen molar-refractivity contribution in [2.24, 2.45) is 5.92 Å². The monoisotopic (exact) mass is 422 g/mol. The van der Waals surface area contributed by atoms with E-state index in [0.717, 1.165) is 21.4 Å². The smallest absolute Gasteiger partial charge is 0.0778 e. The first kappa shape index (κ1) is 14.8. The first-order chi connectivity index (χ1) is 8.63. The standard InChI is InChI=1S/C15H20BrIO/c1-12-3-2-8-15(9-12,11-17)18-10-13-4-6-14(16)7-5-13/h4-7,12H,2-3,8-11H2,1H3. The average molecular weight is 423 g/mol. The van der Waals surface area contributed by atoms with Gasteiger partial charge in [0.05, 0.1) is 12.2 Å². The number of rotatable bonds is 4. The largest absolute Gasteiger partial charge is 0.370 e. The highest BCUT2D eigenvalue weighted by Crippen LogP contribution is 2.37. The van der Waals surface area contributed by atoms with Crippen LogP contribution in [0, 0.1) is 5.92 Å². The minimum Gasteiger partial charge on any atom is -0.370 e. The first-order valence-corrected chi connectivity index (χ1v) is 8.90. The van der Waals surface area contributed by atoms with Gasteiger partial charge in [-0.1, -0.05) is 70.4 Å². The van der Waals surface area contributed by atoms with Crippen LogP contribution >= 0.6 is 38.5 Å². The molecule has 1 fully saturated rings. The molecule has 2 atom stereocenters. The van der Waals surface area contributed by atoms with Gasteiger partial charge >= 0.3 is 0 Å². The number of alkyl halides is 1. The van der Waals surface area contributed by atoms with Crippen LogP contribution in [0.1, 0.15) is 38.2 Å². The Morgan fingerprint density at radius 1 is 1.39 bits per heavy atom. The molecule has 0 bridgehead atoms. The minimum atomic E-state index is 0.116. The highest BCUT2D eigenvalue weighted by molar-refractivity contribution is 14.1. The highest BCUT2D eigenvalue weighted by atomic mass is 127. The number of ether oxygens (including phenoxy) is 1. The van der Waals surface area contributed by atoms with Crippen LogP contribution < -0.4 is 0 Å². The van der Waals surface area contributed by atoms with E-state index in [1.807, 2.05) is 0 Å². The van der Waals surface area contributed by atoms with Gasteiger partial charge in [0.15, 0.2) is 0 Å². The lowest BCUT2D eigenvalue weighted by atomic mass is 9.80. The van der Waals surface area contributed by atoms with E-state index in [1.54, 1.807) is 0 Å². The van der Waals surface area contributed by atoms with Crippen molar-refractivity contribution in [2.75, 3.05) is 4.43 Å². The van der Waals surface area contributed by atoms with Crippen LogP contribution in [0.25, 0.3) is 0 Å². The summed E-state index contributed by atoms with van der Waals surface area (Å²) in [7, 11) is 0. The second-order valence-corrected chi connectivity index (χ2v) is 7.11. The predicted molar refractivity (Wildman–Crippen MR) is 88.2 cm³/mol. The van der Waals surface area contributed by atoms with Crippen molar-refractivity contribution < 1.29 is 4.74 Å². The quantitative estimate of drug-likeness (QED) is 0.469. The molecule has 18 heavy (non-hydrogen) atoms. The maximum atomic E-state index is 6.29. The van der Waals surface area contributed by atoms with Crippen LogP contribution in [-0.2, 0) is 11.3 Å². The van der Waals surface area contributed by atoms with Gasteiger partial charge in [-0.3, -0.25) is 0 Å². The van der Waals surface area contributed by atoms with Crippen LogP contribution in [0.15, 0.2) is 28.7 Å². The second kappa shape index (κ2) is 6.71. The van der Waals surface area contributed by atoms with E-state index in [4.69, 9.17) is 4.74 Å². The number of hydrogen-bond donors (Lipinski definition) is 0. The Morgan fingerprint density at radius 2 is 2.11 bits per heavy atom. The fourth-order valence-electron chi connectivity index (χ4n) is 2.72. The van der Waals surface area contributed by atoms with E-state index in [0.29, 0.717) is 0 Å². The summed E-state index contributed by atoms with van der Waals surface area (Å²) in [4.78, 5) is 0. The summed E-state index contributed by atoms with van der Waals surface area (Å²) in [5.74, 6) is 0.804. The molecule has 1 aliphatic carbocycles. The van der Waals surface area contributed by atoms with Gasteiger partial charge in [0.1, 0.15) is 0 Å². The van der Waals surface area contributed by atoms with Crippen molar-refractivity contribution in [1.82, 2.24) is 0 Å². The SMILES string of the molecule is CC1CCCC(CI)(OCc2ccc(Br)cc2)C1. The maximum absolute atomic E-state index is 6.29. The Bertz CT molecular complexity index is 379. The molecule has 0 aliphatic heterocycles. The molecule has 2 unspecified atom stereocenters. The van der Waals surface area contributed by atoms with Gasteiger partial charge < -0.3 is 4.74 Å².